The minimum atomic E-state index is 0.303. The number of carbonyl (C=O) groups excluding carboxylic acids is 1. The standard InChI is InChI=1S/C4H2BrNO2/c5-4-1-3(2-7)6-8-4/h1-2H. The lowest BCUT2D eigenvalue weighted by Gasteiger charge is -1.62. The van der Waals surface area contributed by atoms with Gasteiger partial charge >= 0.3 is 0 Å². The normalized spacial score (nSPS) is 9.12. The average Bonchev–Trinajstić information content (AvgIpc) is 2.14. The van der Waals surface area contributed by atoms with Crippen LogP contribution in [0.15, 0.2) is 15.3 Å². The number of hydrogen-bond acceptors (Lipinski definition) is 3. The maximum absolute atomic E-state index is 9.88. The van der Waals surface area contributed by atoms with Gasteiger partial charge < -0.3 is 4.52 Å². The lowest BCUT2D eigenvalue weighted by atomic mass is 10.5. The molecule has 0 saturated heterocycles. The van der Waals surface area contributed by atoms with Crippen LogP contribution in [0.4, 0.5) is 0 Å². The van der Waals surface area contributed by atoms with E-state index in [-0.39, 0.29) is 0 Å². The van der Waals surface area contributed by atoms with E-state index in [0.717, 1.165) is 0 Å². The molecular formula is C4H2BrNO2. The van der Waals surface area contributed by atoms with Gasteiger partial charge in [-0.1, -0.05) is 5.16 Å². The van der Waals surface area contributed by atoms with Crippen molar-refractivity contribution >= 4 is 22.2 Å². The molecule has 1 aromatic heterocycles. The van der Waals surface area contributed by atoms with E-state index < -0.39 is 0 Å². The highest BCUT2D eigenvalue weighted by molar-refractivity contribution is 9.10. The third-order valence-electron chi connectivity index (χ3n) is 0.620. The number of halogens is 1. The van der Waals surface area contributed by atoms with Crippen molar-refractivity contribution in [2.45, 2.75) is 0 Å². The third kappa shape index (κ3) is 0.949. The SMILES string of the molecule is O=Cc1cc(Br)on1. The topological polar surface area (TPSA) is 43.1 Å². The lowest BCUT2D eigenvalue weighted by Crippen LogP contribution is -1.72. The molecule has 0 aromatic carbocycles. The van der Waals surface area contributed by atoms with Crippen molar-refractivity contribution in [1.82, 2.24) is 5.16 Å². The van der Waals surface area contributed by atoms with E-state index in [1.165, 1.54) is 6.07 Å². The van der Waals surface area contributed by atoms with Gasteiger partial charge in [0.25, 0.3) is 0 Å². The molecule has 0 bridgehead atoms. The second kappa shape index (κ2) is 2.09. The first-order valence-corrected chi connectivity index (χ1v) is 2.69. The van der Waals surface area contributed by atoms with Gasteiger partial charge in [0.1, 0.15) is 5.69 Å². The van der Waals surface area contributed by atoms with Gasteiger partial charge in [-0.05, 0) is 15.9 Å². The van der Waals surface area contributed by atoms with E-state index in [2.05, 4.69) is 25.6 Å². The smallest absolute Gasteiger partial charge is 0.202 e. The van der Waals surface area contributed by atoms with E-state index in [9.17, 15) is 4.79 Å². The van der Waals surface area contributed by atoms with E-state index in [4.69, 9.17) is 0 Å². The van der Waals surface area contributed by atoms with Crippen molar-refractivity contribution in [2.75, 3.05) is 0 Å². The molecule has 0 aliphatic carbocycles. The average molecular weight is 176 g/mol. The maximum atomic E-state index is 9.88. The largest absolute Gasteiger partial charge is 0.349 e. The molecule has 0 spiro atoms. The van der Waals surface area contributed by atoms with Gasteiger partial charge in [-0.25, -0.2) is 0 Å². The molecule has 3 nitrogen and oxygen atoms in total. The van der Waals surface area contributed by atoms with Crippen LogP contribution in [0.3, 0.4) is 0 Å². The Morgan fingerprint density at radius 2 is 2.62 bits per heavy atom. The van der Waals surface area contributed by atoms with Gasteiger partial charge in [-0.2, -0.15) is 0 Å². The Labute approximate surface area is 53.8 Å². The van der Waals surface area contributed by atoms with Gasteiger partial charge in [0.05, 0.1) is 0 Å². The van der Waals surface area contributed by atoms with E-state index in [1.54, 1.807) is 0 Å². The van der Waals surface area contributed by atoms with E-state index in [0.29, 0.717) is 16.6 Å². The predicted molar refractivity (Wildman–Crippen MR) is 29.6 cm³/mol. The fourth-order valence-corrected chi connectivity index (χ4v) is 0.628. The van der Waals surface area contributed by atoms with Crippen LogP contribution in [0.2, 0.25) is 0 Å². The number of nitrogens with zero attached hydrogens (tertiary/aromatic N) is 1. The third-order valence-corrected chi connectivity index (χ3v) is 0.994. The van der Waals surface area contributed by atoms with Gasteiger partial charge in [0, 0.05) is 6.07 Å². The van der Waals surface area contributed by atoms with Crippen molar-refractivity contribution in [1.29, 1.82) is 0 Å². The molecule has 0 aliphatic heterocycles. The van der Waals surface area contributed by atoms with Crippen LogP contribution in [0.1, 0.15) is 10.5 Å². The van der Waals surface area contributed by atoms with Crippen LogP contribution in [-0.4, -0.2) is 11.4 Å². The van der Waals surface area contributed by atoms with Crippen LogP contribution >= 0.6 is 15.9 Å². The summed E-state index contributed by atoms with van der Waals surface area (Å²) in [4.78, 5) is 9.88. The Balaban J connectivity index is 3.00. The number of carbonyl (C=O) groups is 1. The summed E-state index contributed by atoms with van der Waals surface area (Å²) in [6.07, 6.45) is 0.619. The van der Waals surface area contributed by atoms with Gasteiger partial charge in [0.15, 0.2) is 6.29 Å². The Kier molecular flexibility index (Phi) is 1.43. The molecule has 1 rings (SSSR count). The summed E-state index contributed by atoms with van der Waals surface area (Å²) in [6, 6.07) is 1.49. The first-order chi connectivity index (χ1) is 3.83. The molecule has 0 aliphatic rings. The summed E-state index contributed by atoms with van der Waals surface area (Å²) >= 11 is 2.98. The number of hydrogen-bond donors (Lipinski definition) is 0. The van der Waals surface area contributed by atoms with Crippen molar-refractivity contribution in [3.05, 3.63) is 16.4 Å². The minimum Gasteiger partial charge on any atom is -0.349 e. The molecule has 42 valence electrons. The highest BCUT2D eigenvalue weighted by Crippen LogP contribution is 2.08. The molecule has 0 atom stereocenters. The zero-order chi connectivity index (χ0) is 5.98. The minimum absolute atomic E-state index is 0.303. The van der Waals surface area contributed by atoms with Gasteiger partial charge in [0.2, 0.25) is 4.67 Å². The van der Waals surface area contributed by atoms with E-state index in [1.807, 2.05) is 0 Å². The van der Waals surface area contributed by atoms with Crippen LogP contribution < -0.4 is 0 Å². The molecule has 0 amide bonds. The zero-order valence-corrected chi connectivity index (χ0v) is 5.38. The van der Waals surface area contributed by atoms with Crippen molar-refractivity contribution < 1.29 is 9.32 Å². The predicted octanol–water partition coefficient (Wildman–Crippen LogP) is 1.25. The lowest BCUT2D eigenvalue weighted by molar-refractivity contribution is 0.111. The van der Waals surface area contributed by atoms with Crippen LogP contribution in [0.5, 0.6) is 0 Å². The highest BCUT2D eigenvalue weighted by atomic mass is 79.9. The first kappa shape index (κ1) is 5.50. The summed E-state index contributed by atoms with van der Waals surface area (Å²) in [6.45, 7) is 0. The monoisotopic (exact) mass is 175 g/mol. The second-order valence-corrected chi connectivity index (χ2v) is 1.96. The number of rotatable bonds is 1. The molecule has 8 heavy (non-hydrogen) atoms. The molecule has 1 aromatic rings. The van der Waals surface area contributed by atoms with E-state index >= 15 is 0 Å². The van der Waals surface area contributed by atoms with Crippen molar-refractivity contribution in [3.63, 3.8) is 0 Å². The number of aromatic nitrogens is 1. The Hall–Kier alpha value is -0.640. The maximum Gasteiger partial charge on any atom is 0.202 e. The summed E-state index contributed by atoms with van der Waals surface area (Å²) in [5.74, 6) is 0. The first-order valence-electron chi connectivity index (χ1n) is 1.90. The van der Waals surface area contributed by atoms with Crippen LogP contribution in [0.25, 0.3) is 0 Å². The molecule has 0 saturated carbocycles. The molecule has 0 fully saturated rings. The molecule has 0 radical (unpaired) electrons. The van der Waals surface area contributed by atoms with Crippen LogP contribution in [-0.2, 0) is 0 Å². The molecule has 0 N–H and O–H groups in total. The van der Waals surface area contributed by atoms with Gasteiger partial charge in [-0.3, -0.25) is 4.79 Å². The van der Waals surface area contributed by atoms with Crippen LogP contribution in [0, 0.1) is 0 Å². The zero-order valence-electron chi connectivity index (χ0n) is 3.80. The molecule has 0 unspecified atom stereocenters. The quantitative estimate of drug-likeness (QED) is 0.604. The fraction of sp³-hybridized carbons (Fsp3) is 0. The number of aldehydes is 1. The fourth-order valence-electron chi connectivity index (χ4n) is 0.321. The van der Waals surface area contributed by atoms with Gasteiger partial charge in [-0.15, -0.1) is 0 Å². The molecule has 1 heterocycles. The summed E-state index contributed by atoms with van der Waals surface area (Å²) in [7, 11) is 0. The Morgan fingerprint density at radius 3 is 2.88 bits per heavy atom. The second-order valence-electron chi connectivity index (χ2n) is 1.17. The van der Waals surface area contributed by atoms with Crippen molar-refractivity contribution in [3.8, 4) is 0 Å². The highest BCUT2D eigenvalue weighted by Gasteiger charge is 1.95. The Morgan fingerprint density at radius 1 is 1.88 bits per heavy atom. The molecule has 4 heteroatoms. The van der Waals surface area contributed by atoms with Crippen molar-refractivity contribution in [2.24, 2.45) is 0 Å². The summed E-state index contributed by atoms with van der Waals surface area (Å²) < 4.78 is 4.96. The molecular weight excluding hydrogens is 174 g/mol. The summed E-state index contributed by atoms with van der Waals surface area (Å²) in [5.41, 5.74) is 0.303. The summed E-state index contributed by atoms with van der Waals surface area (Å²) in [5, 5.41) is 3.34. The Bertz CT molecular complexity index is 196.